The first-order chi connectivity index (χ1) is 15.4. The first kappa shape index (κ1) is 21.4. The van der Waals surface area contributed by atoms with E-state index < -0.39 is 4.92 Å². The maximum atomic E-state index is 13.0. The van der Waals surface area contributed by atoms with E-state index in [4.69, 9.17) is 14.2 Å². The van der Waals surface area contributed by atoms with Crippen LogP contribution in [0.1, 0.15) is 5.56 Å². The third-order valence-electron chi connectivity index (χ3n) is 4.99. The molecule has 1 aliphatic rings. The third-order valence-corrected chi connectivity index (χ3v) is 6.04. The van der Waals surface area contributed by atoms with Crippen LogP contribution in [-0.2, 0) is 6.67 Å². The molecule has 0 amide bonds. The summed E-state index contributed by atoms with van der Waals surface area (Å²) in [6, 6.07) is 9.66. The standard InChI is InChI=1S/C21H20N4O6S/c1-29-16-9-15(10-17(30-2)19(16)31-3)23-11-22-21-24(12-23)20(26)18(32-21)8-13-4-6-14(7-5-13)25(27)28/h4-10H,11-12H2,1-3H3. The maximum Gasteiger partial charge on any atom is 0.271 e. The molecule has 0 atom stereocenters. The van der Waals surface area contributed by atoms with Crippen LogP contribution in [0.5, 0.6) is 17.2 Å². The number of non-ortho nitro benzene ring substituents is 1. The Hall–Kier alpha value is -3.86. The molecule has 0 spiro atoms. The fourth-order valence-electron chi connectivity index (χ4n) is 3.37. The van der Waals surface area contributed by atoms with E-state index in [-0.39, 0.29) is 11.2 Å². The third kappa shape index (κ3) is 3.89. The molecule has 0 aliphatic carbocycles. The van der Waals surface area contributed by atoms with E-state index in [2.05, 4.69) is 4.99 Å². The zero-order valence-corrected chi connectivity index (χ0v) is 18.4. The Balaban J connectivity index is 1.68. The van der Waals surface area contributed by atoms with Crippen LogP contribution in [0.2, 0.25) is 0 Å². The summed E-state index contributed by atoms with van der Waals surface area (Å²) in [6.07, 6.45) is 1.71. The number of fused-ring (bicyclic) bond motifs is 1. The van der Waals surface area contributed by atoms with E-state index in [0.717, 1.165) is 5.69 Å². The number of nitrogens with zero attached hydrogens (tertiary/aromatic N) is 4. The van der Waals surface area contributed by atoms with Gasteiger partial charge in [-0.05, 0) is 23.8 Å². The minimum absolute atomic E-state index is 0.000311. The Kier molecular flexibility index (Phi) is 5.82. The topological polar surface area (TPSA) is 108 Å². The van der Waals surface area contributed by atoms with Crippen molar-refractivity contribution in [3.8, 4) is 17.2 Å². The van der Waals surface area contributed by atoms with Crippen LogP contribution in [0.4, 0.5) is 11.4 Å². The minimum atomic E-state index is -0.459. The molecule has 0 radical (unpaired) electrons. The smallest absolute Gasteiger partial charge is 0.271 e. The molecule has 166 valence electrons. The second-order valence-corrected chi connectivity index (χ2v) is 7.85. The zero-order chi connectivity index (χ0) is 22.8. The Morgan fingerprint density at radius 3 is 2.31 bits per heavy atom. The second kappa shape index (κ2) is 8.71. The molecular weight excluding hydrogens is 436 g/mol. The first-order valence-electron chi connectivity index (χ1n) is 9.50. The van der Waals surface area contributed by atoms with Crippen LogP contribution in [0.25, 0.3) is 6.08 Å². The van der Waals surface area contributed by atoms with Crippen molar-refractivity contribution in [1.29, 1.82) is 0 Å². The molecule has 11 heteroatoms. The number of aromatic nitrogens is 1. The highest BCUT2D eigenvalue weighted by atomic mass is 32.1. The van der Waals surface area contributed by atoms with Crippen LogP contribution >= 0.6 is 11.3 Å². The molecule has 4 rings (SSSR count). The number of hydrogen-bond acceptors (Lipinski definition) is 9. The number of hydrogen-bond donors (Lipinski definition) is 0. The van der Waals surface area contributed by atoms with Crippen molar-refractivity contribution < 1.29 is 19.1 Å². The maximum absolute atomic E-state index is 13.0. The van der Waals surface area contributed by atoms with Gasteiger partial charge >= 0.3 is 0 Å². The van der Waals surface area contributed by atoms with Gasteiger partial charge in [-0.3, -0.25) is 19.5 Å². The van der Waals surface area contributed by atoms with Gasteiger partial charge in [0.25, 0.3) is 11.2 Å². The van der Waals surface area contributed by atoms with Crippen molar-refractivity contribution in [3.05, 3.63) is 71.8 Å². The number of nitro groups is 1. The largest absolute Gasteiger partial charge is 0.493 e. The SMILES string of the molecule is COc1cc(N2CN=c3sc(=Cc4ccc([N+](=O)[O-])cc4)c(=O)n3C2)cc(OC)c1OC. The van der Waals surface area contributed by atoms with Crippen molar-refractivity contribution in [3.63, 3.8) is 0 Å². The number of nitro benzene ring substituents is 1. The Labute approximate surface area is 186 Å². The second-order valence-electron chi connectivity index (χ2n) is 6.84. The van der Waals surface area contributed by atoms with Crippen molar-refractivity contribution in [2.45, 2.75) is 6.67 Å². The lowest BCUT2D eigenvalue weighted by atomic mass is 10.2. The molecule has 1 aromatic heterocycles. The summed E-state index contributed by atoms with van der Waals surface area (Å²) in [6.45, 7) is 0.663. The van der Waals surface area contributed by atoms with Gasteiger partial charge in [0.05, 0.1) is 30.8 Å². The average Bonchev–Trinajstić information content (AvgIpc) is 3.12. The zero-order valence-electron chi connectivity index (χ0n) is 17.6. The summed E-state index contributed by atoms with van der Waals surface area (Å²) in [7, 11) is 4.63. The molecule has 0 bridgehead atoms. The van der Waals surface area contributed by atoms with Crippen molar-refractivity contribution in [1.82, 2.24) is 4.57 Å². The van der Waals surface area contributed by atoms with Crippen LogP contribution in [0, 0.1) is 10.1 Å². The molecule has 2 heterocycles. The lowest BCUT2D eigenvalue weighted by molar-refractivity contribution is -0.384. The Morgan fingerprint density at radius 1 is 1.09 bits per heavy atom. The minimum Gasteiger partial charge on any atom is -0.493 e. The molecule has 1 aliphatic heterocycles. The number of ether oxygens (including phenoxy) is 3. The van der Waals surface area contributed by atoms with Gasteiger partial charge in [-0.1, -0.05) is 11.3 Å². The van der Waals surface area contributed by atoms with Crippen LogP contribution in [-0.4, -0.2) is 37.5 Å². The molecule has 10 nitrogen and oxygen atoms in total. The summed E-state index contributed by atoms with van der Waals surface area (Å²) in [5.74, 6) is 1.51. The van der Waals surface area contributed by atoms with Gasteiger partial charge in [-0.25, -0.2) is 4.99 Å². The normalized spacial score (nSPS) is 13.3. The lowest BCUT2D eigenvalue weighted by Gasteiger charge is -2.27. The van der Waals surface area contributed by atoms with Crippen molar-refractivity contribution in [2.75, 3.05) is 32.9 Å². The highest BCUT2D eigenvalue weighted by molar-refractivity contribution is 7.07. The van der Waals surface area contributed by atoms with Gasteiger partial charge in [0.2, 0.25) is 5.75 Å². The molecule has 0 saturated carbocycles. The number of benzene rings is 2. The summed E-state index contributed by atoms with van der Waals surface area (Å²) in [4.78, 5) is 30.4. The van der Waals surface area contributed by atoms with E-state index in [1.54, 1.807) is 37.0 Å². The van der Waals surface area contributed by atoms with Crippen LogP contribution < -0.4 is 34.0 Å². The van der Waals surface area contributed by atoms with E-state index in [0.29, 0.717) is 45.5 Å². The predicted octanol–water partition coefficient (Wildman–Crippen LogP) is 1.73. The van der Waals surface area contributed by atoms with E-state index in [1.165, 1.54) is 30.6 Å². The average molecular weight is 456 g/mol. The molecule has 2 aromatic carbocycles. The summed E-state index contributed by atoms with van der Waals surface area (Å²) in [5.41, 5.74) is 1.30. The van der Waals surface area contributed by atoms with Gasteiger partial charge in [0, 0.05) is 30.0 Å². The first-order valence-corrected chi connectivity index (χ1v) is 10.3. The highest BCUT2D eigenvalue weighted by Crippen LogP contribution is 2.41. The monoisotopic (exact) mass is 456 g/mol. The Morgan fingerprint density at radius 2 is 1.75 bits per heavy atom. The van der Waals surface area contributed by atoms with Gasteiger partial charge in [-0.2, -0.15) is 0 Å². The van der Waals surface area contributed by atoms with Crippen molar-refractivity contribution >= 4 is 28.8 Å². The lowest BCUT2D eigenvalue weighted by Crippen LogP contribution is -2.42. The summed E-state index contributed by atoms with van der Waals surface area (Å²) < 4.78 is 18.3. The summed E-state index contributed by atoms with van der Waals surface area (Å²) >= 11 is 1.28. The summed E-state index contributed by atoms with van der Waals surface area (Å²) in [5, 5.41) is 10.8. The van der Waals surface area contributed by atoms with E-state index in [1.807, 2.05) is 17.0 Å². The van der Waals surface area contributed by atoms with E-state index in [9.17, 15) is 14.9 Å². The Bertz CT molecular complexity index is 1320. The number of thiazole rings is 1. The number of anilines is 1. The van der Waals surface area contributed by atoms with Crippen molar-refractivity contribution in [2.24, 2.45) is 4.99 Å². The highest BCUT2D eigenvalue weighted by Gasteiger charge is 2.20. The number of methoxy groups -OCH3 is 3. The van der Waals surface area contributed by atoms with E-state index >= 15 is 0 Å². The van der Waals surface area contributed by atoms with Gasteiger partial charge in [0.15, 0.2) is 16.3 Å². The molecule has 32 heavy (non-hydrogen) atoms. The molecule has 0 saturated heterocycles. The molecule has 0 N–H and O–H groups in total. The fraction of sp³-hybridized carbons (Fsp3) is 0.238. The van der Waals surface area contributed by atoms with Gasteiger partial charge < -0.3 is 19.1 Å². The molecule has 3 aromatic rings. The molecule has 0 fully saturated rings. The van der Waals surface area contributed by atoms with Crippen LogP contribution in [0.3, 0.4) is 0 Å². The fourth-order valence-corrected chi connectivity index (χ4v) is 4.33. The molecular formula is C21H20N4O6S. The van der Waals surface area contributed by atoms with Gasteiger partial charge in [-0.15, -0.1) is 0 Å². The van der Waals surface area contributed by atoms with Crippen LogP contribution in [0.15, 0.2) is 46.2 Å². The quantitative estimate of drug-likeness (QED) is 0.411. The number of rotatable bonds is 6. The molecule has 0 unspecified atom stereocenters. The van der Waals surface area contributed by atoms with Gasteiger partial charge in [0.1, 0.15) is 13.3 Å². The predicted molar refractivity (Wildman–Crippen MR) is 119 cm³/mol.